The van der Waals surface area contributed by atoms with E-state index in [0.717, 1.165) is 11.3 Å². The van der Waals surface area contributed by atoms with E-state index in [0.29, 0.717) is 5.69 Å². The molecule has 3 rings (SSSR count). The van der Waals surface area contributed by atoms with Crippen molar-refractivity contribution in [2.24, 2.45) is 0 Å². The number of hydrogen-bond acceptors (Lipinski definition) is 3. The molecule has 5 heteroatoms. The van der Waals surface area contributed by atoms with Crippen molar-refractivity contribution in [3.63, 3.8) is 0 Å². The van der Waals surface area contributed by atoms with E-state index in [1.807, 2.05) is 12.1 Å². The Hall–Kier alpha value is -2.56. The Kier molecular flexibility index (Phi) is 2.57. The van der Waals surface area contributed by atoms with E-state index in [2.05, 4.69) is 15.1 Å². The lowest BCUT2D eigenvalue weighted by Crippen LogP contribution is -1.93. The van der Waals surface area contributed by atoms with E-state index >= 15 is 0 Å². The number of rotatable bonds is 2. The highest BCUT2D eigenvalue weighted by molar-refractivity contribution is 5.57. The SMILES string of the molecule is Fc1cccc(-c2cnn(-c3cccnc3)c2)n1. The summed E-state index contributed by atoms with van der Waals surface area (Å²) in [6, 6.07) is 8.40. The van der Waals surface area contributed by atoms with Crippen LogP contribution in [-0.2, 0) is 0 Å². The molecular formula is C13H9FN4. The van der Waals surface area contributed by atoms with Crippen LogP contribution in [0, 0.1) is 5.95 Å². The second-order valence-electron chi connectivity index (χ2n) is 3.73. The molecule has 0 fully saturated rings. The molecule has 0 bridgehead atoms. The van der Waals surface area contributed by atoms with Crippen molar-refractivity contribution < 1.29 is 4.39 Å². The Balaban J connectivity index is 2.00. The molecule has 3 heterocycles. The predicted octanol–water partition coefficient (Wildman–Crippen LogP) is 2.47. The van der Waals surface area contributed by atoms with Crippen LogP contribution in [0.5, 0.6) is 0 Å². The summed E-state index contributed by atoms with van der Waals surface area (Å²) >= 11 is 0. The van der Waals surface area contributed by atoms with Crippen LogP contribution in [0.3, 0.4) is 0 Å². The van der Waals surface area contributed by atoms with E-state index in [-0.39, 0.29) is 0 Å². The highest BCUT2D eigenvalue weighted by Gasteiger charge is 2.05. The fourth-order valence-electron chi connectivity index (χ4n) is 1.65. The molecule has 0 aliphatic rings. The van der Waals surface area contributed by atoms with E-state index in [9.17, 15) is 4.39 Å². The zero-order valence-corrected chi connectivity index (χ0v) is 9.36. The lowest BCUT2D eigenvalue weighted by Gasteiger charge is -1.98. The van der Waals surface area contributed by atoms with E-state index in [1.54, 1.807) is 41.6 Å². The molecule has 0 saturated carbocycles. The maximum atomic E-state index is 13.0. The summed E-state index contributed by atoms with van der Waals surface area (Å²) in [5, 5.41) is 4.21. The first kappa shape index (κ1) is 10.6. The molecule has 0 aliphatic carbocycles. The van der Waals surface area contributed by atoms with Gasteiger partial charge in [-0.15, -0.1) is 0 Å². The third-order valence-corrected chi connectivity index (χ3v) is 2.50. The number of aromatic nitrogens is 4. The summed E-state index contributed by atoms with van der Waals surface area (Å²) in [6.45, 7) is 0. The number of pyridine rings is 2. The van der Waals surface area contributed by atoms with E-state index in [4.69, 9.17) is 0 Å². The molecule has 3 aromatic heterocycles. The molecular weight excluding hydrogens is 231 g/mol. The van der Waals surface area contributed by atoms with Gasteiger partial charge >= 0.3 is 0 Å². The maximum absolute atomic E-state index is 13.0. The summed E-state index contributed by atoms with van der Waals surface area (Å²) in [7, 11) is 0. The fraction of sp³-hybridized carbons (Fsp3) is 0. The van der Waals surface area contributed by atoms with E-state index < -0.39 is 5.95 Å². The predicted molar refractivity (Wildman–Crippen MR) is 64.5 cm³/mol. The molecule has 18 heavy (non-hydrogen) atoms. The molecule has 88 valence electrons. The Morgan fingerprint density at radius 2 is 2.00 bits per heavy atom. The van der Waals surface area contributed by atoms with Gasteiger partial charge in [0.05, 0.1) is 23.8 Å². The second-order valence-corrected chi connectivity index (χ2v) is 3.73. The standard InChI is InChI=1S/C13H9FN4/c14-13-5-1-4-12(17-13)10-7-16-18(9-10)11-3-2-6-15-8-11/h1-9H. The van der Waals surface area contributed by atoms with Gasteiger partial charge < -0.3 is 0 Å². The minimum atomic E-state index is -0.498. The number of nitrogens with zero attached hydrogens (tertiary/aromatic N) is 4. The van der Waals surface area contributed by atoms with Gasteiger partial charge in [-0.1, -0.05) is 6.07 Å². The Morgan fingerprint density at radius 1 is 1.06 bits per heavy atom. The molecule has 0 amide bonds. The fourth-order valence-corrected chi connectivity index (χ4v) is 1.65. The van der Waals surface area contributed by atoms with Gasteiger partial charge in [0.2, 0.25) is 5.95 Å². The summed E-state index contributed by atoms with van der Waals surface area (Å²) in [5.41, 5.74) is 2.17. The lowest BCUT2D eigenvalue weighted by molar-refractivity contribution is 0.585. The van der Waals surface area contributed by atoms with Crippen molar-refractivity contribution in [2.75, 3.05) is 0 Å². The molecule has 3 aromatic rings. The zero-order chi connectivity index (χ0) is 12.4. The van der Waals surface area contributed by atoms with Gasteiger partial charge in [0.15, 0.2) is 0 Å². The number of hydrogen-bond donors (Lipinski definition) is 0. The highest BCUT2D eigenvalue weighted by Crippen LogP contribution is 2.17. The van der Waals surface area contributed by atoms with Gasteiger partial charge in [-0.05, 0) is 24.3 Å². The first-order valence-corrected chi connectivity index (χ1v) is 5.41. The third-order valence-electron chi connectivity index (χ3n) is 2.50. The van der Waals surface area contributed by atoms with Gasteiger partial charge in [-0.2, -0.15) is 9.49 Å². The molecule has 0 unspecified atom stereocenters. The first-order chi connectivity index (χ1) is 8.83. The van der Waals surface area contributed by atoms with Gasteiger partial charge in [-0.25, -0.2) is 9.67 Å². The highest BCUT2D eigenvalue weighted by atomic mass is 19.1. The average Bonchev–Trinajstić information content (AvgIpc) is 2.89. The molecule has 0 saturated heterocycles. The summed E-state index contributed by atoms with van der Waals surface area (Å²) in [6.07, 6.45) is 6.84. The van der Waals surface area contributed by atoms with E-state index in [1.165, 1.54) is 6.07 Å². The van der Waals surface area contributed by atoms with Crippen LogP contribution < -0.4 is 0 Å². The Labute approximate surface area is 103 Å². The first-order valence-electron chi connectivity index (χ1n) is 5.41. The Morgan fingerprint density at radius 3 is 2.78 bits per heavy atom. The van der Waals surface area contributed by atoms with Gasteiger partial charge in [0, 0.05) is 18.0 Å². The van der Waals surface area contributed by atoms with Crippen molar-refractivity contribution in [1.82, 2.24) is 19.7 Å². The monoisotopic (exact) mass is 240 g/mol. The largest absolute Gasteiger partial charge is 0.262 e. The van der Waals surface area contributed by atoms with Crippen molar-refractivity contribution in [3.8, 4) is 16.9 Å². The van der Waals surface area contributed by atoms with Crippen LogP contribution in [-0.4, -0.2) is 19.7 Å². The quantitative estimate of drug-likeness (QED) is 0.646. The molecule has 0 atom stereocenters. The minimum absolute atomic E-state index is 0.498. The summed E-state index contributed by atoms with van der Waals surface area (Å²) in [5.74, 6) is -0.498. The molecule has 0 aromatic carbocycles. The smallest absolute Gasteiger partial charge is 0.213 e. The Bertz CT molecular complexity index is 664. The van der Waals surface area contributed by atoms with Gasteiger partial charge in [-0.3, -0.25) is 4.98 Å². The molecule has 0 aliphatic heterocycles. The van der Waals surface area contributed by atoms with Crippen LogP contribution in [0.15, 0.2) is 55.1 Å². The summed E-state index contributed by atoms with van der Waals surface area (Å²) < 4.78 is 14.7. The van der Waals surface area contributed by atoms with Crippen LogP contribution in [0.25, 0.3) is 16.9 Å². The van der Waals surface area contributed by atoms with Crippen LogP contribution in [0.2, 0.25) is 0 Å². The van der Waals surface area contributed by atoms with Gasteiger partial charge in [0.1, 0.15) is 0 Å². The minimum Gasteiger partial charge on any atom is -0.262 e. The van der Waals surface area contributed by atoms with Gasteiger partial charge in [0.25, 0.3) is 0 Å². The van der Waals surface area contributed by atoms with Crippen molar-refractivity contribution in [3.05, 3.63) is 61.1 Å². The normalized spacial score (nSPS) is 10.5. The average molecular weight is 240 g/mol. The summed E-state index contributed by atoms with van der Waals surface area (Å²) in [4.78, 5) is 7.84. The topological polar surface area (TPSA) is 43.6 Å². The van der Waals surface area contributed by atoms with Crippen molar-refractivity contribution in [1.29, 1.82) is 0 Å². The maximum Gasteiger partial charge on any atom is 0.213 e. The number of halogens is 1. The van der Waals surface area contributed by atoms with Crippen LogP contribution >= 0.6 is 0 Å². The molecule has 4 nitrogen and oxygen atoms in total. The zero-order valence-electron chi connectivity index (χ0n) is 9.36. The third kappa shape index (κ3) is 1.98. The molecule has 0 spiro atoms. The molecule has 0 N–H and O–H groups in total. The molecule has 0 radical (unpaired) electrons. The van der Waals surface area contributed by atoms with Crippen LogP contribution in [0.1, 0.15) is 0 Å². The van der Waals surface area contributed by atoms with Crippen LogP contribution in [0.4, 0.5) is 4.39 Å². The van der Waals surface area contributed by atoms with Crippen molar-refractivity contribution >= 4 is 0 Å². The second kappa shape index (κ2) is 4.37. The lowest BCUT2D eigenvalue weighted by atomic mass is 10.2. The van der Waals surface area contributed by atoms with Crippen molar-refractivity contribution in [2.45, 2.75) is 0 Å².